The predicted molar refractivity (Wildman–Crippen MR) is 136 cm³/mol. The van der Waals surface area contributed by atoms with Gasteiger partial charge in [-0.05, 0) is 13.8 Å². The molecule has 12 N–H and O–H groups in total. The molecule has 4 fully saturated rings. The molecule has 4 rings (SSSR count). The van der Waals surface area contributed by atoms with Gasteiger partial charge in [0.05, 0.1) is 25.4 Å². The van der Waals surface area contributed by atoms with Crippen LogP contribution in [0.5, 0.6) is 0 Å². The first kappa shape index (κ1) is 36.6. The molecule has 4 aliphatic heterocycles. The van der Waals surface area contributed by atoms with Crippen LogP contribution in [-0.2, 0) is 38.0 Å². The zero-order chi connectivity index (χ0) is 33.5. The molecule has 20 nitrogen and oxygen atoms in total. The SMILES string of the molecule is C[C@@H]1OC(O[C@@H]2[C@@H](O)[C@H](O[C@@H]3O[C@H](CO)[C@H](O)[C@H](O)[C@H]3O[C@@H]3O[C@H](CO)[C@@H](O)[C@H](O)[C@H]3O)[C@@H](C(=O)O)O[C@H]2C)[C@H](O)[C@H](O)[C@H]1O. The van der Waals surface area contributed by atoms with E-state index in [9.17, 15) is 66.1 Å². The Kier molecular flexibility index (Phi) is 12.1. The van der Waals surface area contributed by atoms with Crippen molar-refractivity contribution in [2.24, 2.45) is 0 Å². The van der Waals surface area contributed by atoms with Crippen LogP contribution in [0, 0.1) is 0 Å². The maximum absolute atomic E-state index is 12.2. The quantitative estimate of drug-likeness (QED) is 0.109. The lowest BCUT2D eigenvalue weighted by Crippen LogP contribution is -2.67. The van der Waals surface area contributed by atoms with Gasteiger partial charge in [0.15, 0.2) is 25.0 Å². The Morgan fingerprint density at radius 1 is 0.511 bits per heavy atom. The molecule has 4 heterocycles. The summed E-state index contributed by atoms with van der Waals surface area (Å²) >= 11 is 0. The van der Waals surface area contributed by atoms with E-state index in [0.29, 0.717) is 0 Å². The van der Waals surface area contributed by atoms with Crippen LogP contribution in [0.2, 0.25) is 0 Å². The van der Waals surface area contributed by atoms with E-state index in [2.05, 4.69) is 0 Å². The first-order valence-electron chi connectivity index (χ1n) is 14.3. The van der Waals surface area contributed by atoms with E-state index in [1.54, 1.807) is 0 Å². The van der Waals surface area contributed by atoms with Crippen molar-refractivity contribution in [1.82, 2.24) is 0 Å². The molecule has 1 unspecified atom stereocenters. The third-order valence-corrected chi connectivity index (χ3v) is 8.39. The second-order valence-corrected chi connectivity index (χ2v) is 11.5. The summed E-state index contributed by atoms with van der Waals surface area (Å²) < 4.78 is 38.7. The van der Waals surface area contributed by atoms with Crippen LogP contribution < -0.4 is 0 Å². The lowest BCUT2D eigenvalue weighted by atomic mass is 9.93. The van der Waals surface area contributed by atoms with Gasteiger partial charge in [-0.25, -0.2) is 4.79 Å². The standard InChI is InChI=1S/C25H42O20/c1-5-9(28)12(31)15(34)23(40-5)43-18-6(2)39-21(22(37)38)19(17(18)36)44-25-20(14(33)11(30)8(4-27)42-25)45-24-16(35)13(32)10(29)7(3-26)41-24/h5-21,23-36H,3-4H2,1-2H3,(H,37,38)/t5-,6-,7+,8+,9-,10+,11-,12+,13-,14-,15+,16+,17+,18-,19-,20+,21-,23?,24-,25-/m0/s1. The van der Waals surface area contributed by atoms with Gasteiger partial charge in [-0.3, -0.25) is 0 Å². The highest BCUT2D eigenvalue weighted by Crippen LogP contribution is 2.35. The summed E-state index contributed by atoms with van der Waals surface area (Å²) in [5.74, 6) is -1.63. The molecule has 0 radical (unpaired) electrons. The summed E-state index contributed by atoms with van der Waals surface area (Å²) in [6.45, 7) is 0.993. The molecule has 0 aromatic rings. The van der Waals surface area contributed by atoms with Crippen molar-refractivity contribution in [2.45, 2.75) is 136 Å². The Morgan fingerprint density at radius 2 is 0.978 bits per heavy atom. The average molecular weight is 663 g/mol. The van der Waals surface area contributed by atoms with Gasteiger partial charge in [-0.2, -0.15) is 0 Å². The molecule has 0 bridgehead atoms. The molecular weight excluding hydrogens is 620 g/mol. The minimum atomic E-state index is -2.00. The zero-order valence-corrected chi connectivity index (χ0v) is 24.1. The van der Waals surface area contributed by atoms with Crippen LogP contribution in [0.1, 0.15) is 13.8 Å². The van der Waals surface area contributed by atoms with Crippen molar-refractivity contribution in [3.05, 3.63) is 0 Å². The van der Waals surface area contributed by atoms with Gasteiger partial charge in [0.2, 0.25) is 0 Å². The Balaban J connectivity index is 1.59. The molecule has 20 atom stereocenters. The number of rotatable bonds is 9. The highest BCUT2D eigenvalue weighted by molar-refractivity contribution is 5.73. The fourth-order valence-electron chi connectivity index (χ4n) is 5.65. The molecule has 0 aromatic heterocycles. The first-order chi connectivity index (χ1) is 21.1. The number of aliphatic carboxylic acids is 1. The van der Waals surface area contributed by atoms with E-state index in [1.165, 1.54) is 13.8 Å². The number of carboxylic acids is 1. The normalized spacial score (nSPS) is 52.8. The number of carboxylic acid groups (broad SMARTS) is 1. The molecule has 0 aromatic carbocycles. The van der Waals surface area contributed by atoms with Crippen LogP contribution in [-0.4, -0.2) is 203 Å². The van der Waals surface area contributed by atoms with Crippen molar-refractivity contribution in [3.8, 4) is 0 Å². The van der Waals surface area contributed by atoms with Gasteiger partial charge < -0.3 is 94.4 Å². The maximum Gasteiger partial charge on any atom is 0.335 e. The average Bonchev–Trinajstić information content (AvgIpc) is 3.00. The van der Waals surface area contributed by atoms with Crippen molar-refractivity contribution in [1.29, 1.82) is 0 Å². The number of aliphatic hydroxyl groups is 11. The molecule has 0 spiro atoms. The number of hydrogen-bond donors (Lipinski definition) is 12. The molecule has 0 saturated carbocycles. The van der Waals surface area contributed by atoms with E-state index in [-0.39, 0.29) is 0 Å². The number of carbonyl (C=O) groups is 1. The van der Waals surface area contributed by atoms with Gasteiger partial charge in [0.1, 0.15) is 85.5 Å². The van der Waals surface area contributed by atoms with Crippen LogP contribution in [0.25, 0.3) is 0 Å². The summed E-state index contributed by atoms with van der Waals surface area (Å²) in [5.41, 5.74) is 0. The first-order valence-corrected chi connectivity index (χ1v) is 14.3. The largest absolute Gasteiger partial charge is 0.479 e. The summed E-state index contributed by atoms with van der Waals surface area (Å²) in [6.07, 6.45) is -34.4. The van der Waals surface area contributed by atoms with Crippen molar-refractivity contribution in [2.75, 3.05) is 13.2 Å². The molecular formula is C25H42O20. The number of hydrogen-bond acceptors (Lipinski definition) is 19. The lowest BCUT2D eigenvalue weighted by Gasteiger charge is -2.49. The fraction of sp³-hybridized carbons (Fsp3) is 0.960. The van der Waals surface area contributed by atoms with E-state index >= 15 is 0 Å². The van der Waals surface area contributed by atoms with E-state index in [0.717, 1.165) is 0 Å². The molecule has 0 amide bonds. The van der Waals surface area contributed by atoms with Crippen LogP contribution in [0.15, 0.2) is 0 Å². The fourth-order valence-corrected chi connectivity index (χ4v) is 5.65. The lowest BCUT2D eigenvalue weighted by molar-refractivity contribution is -0.385. The minimum Gasteiger partial charge on any atom is -0.479 e. The number of ether oxygens (including phenoxy) is 7. The molecule has 262 valence electrons. The van der Waals surface area contributed by atoms with Crippen LogP contribution in [0.4, 0.5) is 0 Å². The van der Waals surface area contributed by atoms with Gasteiger partial charge >= 0.3 is 5.97 Å². The third kappa shape index (κ3) is 7.28. The second kappa shape index (κ2) is 14.9. The second-order valence-electron chi connectivity index (χ2n) is 11.5. The highest BCUT2D eigenvalue weighted by atomic mass is 16.8. The van der Waals surface area contributed by atoms with E-state index in [1.807, 2.05) is 0 Å². The van der Waals surface area contributed by atoms with Gasteiger partial charge in [-0.1, -0.05) is 0 Å². The third-order valence-electron chi connectivity index (χ3n) is 8.39. The van der Waals surface area contributed by atoms with Crippen molar-refractivity contribution >= 4 is 5.97 Å². The van der Waals surface area contributed by atoms with Gasteiger partial charge in [0.25, 0.3) is 0 Å². The highest BCUT2D eigenvalue weighted by Gasteiger charge is 2.56. The Morgan fingerprint density at radius 3 is 1.53 bits per heavy atom. The van der Waals surface area contributed by atoms with Gasteiger partial charge in [0, 0.05) is 0 Å². The summed E-state index contributed by atoms with van der Waals surface area (Å²) in [7, 11) is 0. The van der Waals surface area contributed by atoms with E-state index in [4.69, 9.17) is 33.2 Å². The summed E-state index contributed by atoms with van der Waals surface area (Å²) in [5, 5.41) is 123. The van der Waals surface area contributed by atoms with Gasteiger partial charge in [-0.15, -0.1) is 0 Å². The topological polar surface area (TPSA) is 324 Å². The minimum absolute atomic E-state index is 0.830. The van der Waals surface area contributed by atoms with Crippen LogP contribution >= 0.6 is 0 Å². The molecule has 20 heteroatoms. The monoisotopic (exact) mass is 662 g/mol. The van der Waals surface area contributed by atoms with Crippen molar-refractivity contribution < 1.29 is 99.2 Å². The van der Waals surface area contributed by atoms with E-state index < -0.39 is 142 Å². The summed E-state index contributed by atoms with van der Waals surface area (Å²) in [4.78, 5) is 12.2. The van der Waals surface area contributed by atoms with Crippen molar-refractivity contribution in [3.63, 3.8) is 0 Å². The smallest absolute Gasteiger partial charge is 0.335 e. The molecule has 45 heavy (non-hydrogen) atoms. The summed E-state index contributed by atoms with van der Waals surface area (Å²) in [6, 6.07) is 0. The Hall–Kier alpha value is -1.25. The predicted octanol–water partition coefficient (Wildman–Crippen LogP) is -7.56. The Labute approximate surface area is 255 Å². The Bertz CT molecular complexity index is 973. The molecule has 4 saturated heterocycles. The number of aliphatic hydroxyl groups excluding tert-OH is 11. The maximum atomic E-state index is 12.2. The molecule has 4 aliphatic rings. The zero-order valence-electron chi connectivity index (χ0n) is 24.1. The van der Waals surface area contributed by atoms with Crippen LogP contribution in [0.3, 0.4) is 0 Å². The molecule has 0 aliphatic carbocycles.